The van der Waals surface area contributed by atoms with Gasteiger partial charge in [0.2, 0.25) is 0 Å². The largest absolute Gasteiger partial charge is 0.497 e. The number of methoxy groups -OCH3 is 1. The Bertz CT molecular complexity index is 1500. The van der Waals surface area contributed by atoms with E-state index in [1.54, 1.807) is 24.3 Å². The first-order valence-electron chi connectivity index (χ1n) is 9.37. The molecule has 164 valence electrons. The number of ether oxygens (including phenoxy) is 1. The molecule has 32 heavy (non-hydrogen) atoms. The maximum atomic E-state index is 13.5. The summed E-state index contributed by atoms with van der Waals surface area (Å²) < 4.78 is 33.8. The number of aliphatic carboxylic acids is 1. The van der Waals surface area contributed by atoms with Crippen molar-refractivity contribution in [1.29, 1.82) is 0 Å². The number of carboxylic acids is 1. The molecule has 0 saturated carbocycles. The van der Waals surface area contributed by atoms with E-state index < -0.39 is 21.7 Å². The van der Waals surface area contributed by atoms with Crippen molar-refractivity contribution in [3.8, 4) is 11.4 Å². The van der Waals surface area contributed by atoms with Crippen LogP contribution < -0.4 is 10.4 Å². The van der Waals surface area contributed by atoms with Crippen molar-refractivity contribution in [2.75, 3.05) is 7.11 Å². The molecule has 0 atom stereocenters. The molecular formula is C22H17ClN2O6S. The predicted octanol–water partition coefficient (Wildman–Crippen LogP) is 3.32. The minimum absolute atomic E-state index is 0.103. The highest BCUT2D eigenvalue weighted by Gasteiger charge is 2.27. The van der Waals surface area contributed by atoms with E-state index in [1.165, 1.54) is 54.1 Å². The summed E-state index contributed by atoms with van der Waals surface area (Å²) in [4.78, 5) is 24.7. The second kappa shape index (κ2) is 8.18. The Hall–Kier alpha value is -3.56. The topological polar surface area (TPSA) is 108 Å². The molecule has 0 amide bonds. The second-order valence-electron chi connectivity index (χ2n) is 6.90. The van der Waals surface area contributed by atoms with Crippen LogP contribution in [0.15, 0.2) is 76.4 Å². The summed E-state index contributed by atoms with van der Waals surface area (Å²) in [7, 11) is -2.83. The van der Waals surface area contributed by atoms with Crippen molar-refractivity contribution in [1.82, 2.24) is 8.54 Å². The third kappa shape index (κ3) is 3.65. The number of aromatic nitrogens is 2. The van der Waals surface area contributed by atoms with E-state index in [2.05, 4.69) is 0 Å². The molecule has 0 saturated heterocycles. The number of nitrogens with zero attached hydrogens (tertiary/aromatic N) is 2. The van der Waals surface area contributed by atoms with Crippen LogP contribution in [0, 0.1) is 0 Å². The van der Waals surface area contributed by atoms with Crippen molar-refractivity contribution in [2.45, 2.75) is 11.3 Å². The molecule has 0 aliphatic heterocycles. The molecule has 0 fully saturated rings. The number of carbonyl (C=O) groups is 1. The van der Waals surface area contributed by atoms with Crippen molar-refractivity contribution in [3.05, 3.63) is 87.8 Å². The Morgan fingerprint density at radius 3 is 2.38 bits per heavy atom. The van der Waals surface area contributed by atoms with Gasteiger partial charge in [-0.05, 0) is 54.1 Å². The lowest BCUT2D eigenvalue weighted by molar-refractivity contribution is -0.136. The zero-order valence-corrected chi connectivity index (χ0v) is 18.3. The van der Waals surface area contributed by atoms with E-state index in [-0.39, 0.29) is 28.0 Å². The summed E-state index contributed by atoms with van der Waals surface area (Å²) in [5.74, 6) is -0.619. The minimum Gasteiger partial charge on any atom is -0.497 e. The van der Waals surface area contributed by atoms with E-state index in [0.717, 1.165) is 0 Å². The molecule has 8 nitrogen and oxygen atoms in total. The molecule has 0 spiro atoms. The summed E-state index contributed by atoms with van der Waals surface area (Å²) in [5.41, 5.74) is 0.0903. The number of imidazole rings is 1. The third-order valence-electron chi connectivity index (χ3n) is 4.93. The van der Waals surface area contributed by atoms with Crippen LogP contribution in [0.2, 0.25) is 5.02 Å². The van der Waals surface area contributed by atoms with Crippen molar-refractivity contribution in [2.24, 2.45) is 0 Å². The number of halogens is 1. The van der Waals surface area contributed by atoms with Gasteiger partial charge < -0.3 is 9.84 Å². The quantitative estimate of drug-likeness (QED) is 0.461. The molecule has 0 aliphatic rings. The molecule has 0 aliphatic carbocycles. The van der Waals surface area contributed by atoms with E-state index in [1.807, 2.05) is 0 Å². The number of fused-ring (bicyclic) bond motifs is 1. The zero-order valence-electron chi connectivity index (χ0n) is 16.7. The molecule has 0 unspecified atom stereocenters. The number of benzene rings is 3. The molecule has 4 rings (SSSR count). The van der Waals surface area contributed by atoms with Crippen LogP contribution in [0.1, 0.15) is 5.56 Å². The van der Waals surface area contributed by atoms with Gasteiger partial charge in [0.05, 0.1) is 35.1 Å². The van der Waals surface area contributed by atoms with Gasteiger partial charge >= 0.3 is 11.7 Å². The average Bonchev–Trinajstić information content (AvgIpc) is 3.05. The number of hydrogen-bond acceptors (Lipinski definition) is 5. The first kappa shape index (κ1) is 21.7. The van der Waals surface area contributed by atoms with Gasteiger partial charge in [0.25, 0.3) is 10.0 Å². The fraction of sp³-hybridized carbons (Fsp3) is 0.0909. The van der Waals surface area contributed by atoms with Gasteiger partial charge in [0, 0.05) is 5.02 Å². The SMILES string of the molecule is COc1ccc(S(=O)(=O)n2c(=O)n(-c3ccccc3CC(=O)O)c3cc(Cl)ccc32)cc1. The number of rotatable bonds is 6. The lowest BCUT2D eigenvalue weighted by atomic mass is 10.1. The van der Waals surface area contributed by atoms with Crippen LogP contribution in [-0.4, -0.2) is 35.1 Å². The van der Waals surface area contributed by atoms with E-state index in [0.29, 0.717) is 20.3 Å². The molecule has 1 heterocycles. The van der Waals surface area contributed by atoms with E-state index >= 15 is 0 Å². The minimum atomic E-state index is -4.29. The van der Waals surface area contributed by atoms with Crippen LogP contribution in [0.3, 0.4) is 0 Å². The molecule has 10 heteroatoms. The smallest absolute Gasteiger partial charge is 0.347 e. The fourth-order valence-electron chi connectivity index (χ4n) is 3.50. The van der Waals surface area contributed by atoms with Crippen LogP contribution in [0.5, 0.6) is 5.75 Å². The van der Waals surface area contributed by atoms with E-state index in [4.69, 9.17) is 16.3 Å². The Balaban J connectivity index is 2.05. The van der Waals surface area contributed by atoms with Gasteiger partial charge in [-0.25, -0.2) is 13.2 Å². The summed E-state index contributed by atoms with van der Waals surface area (Å²) in [6.45, 7) is 0. The van der Waals surface area contributed by atoms with E-state index in [9.17, 15) is 23.1 Å². The molecule has 3 aromatic carbocycles. The van der Waals surface area contributed by atoms with Gasteiger partial charge in [-0.15, -0.1) is 0 Å². The van der Waals surface area contributed by atoms with Crippen LogP contribution in [0.25, 0.3) is 16.7 Å². The summed E-state index contributed by atoms with van der Waals surface area (Å²) in [6, 6.07) is 16.5. The van der Waals surface area contributed by atoms with Gasteiger partial charge in [-0.3, -0.25) is 9.36 Å². The Morgan fingerprint density at radius 1 is 1.03 bits per heavy atom. The monoisotopic (exact) mass is 472 g/mol. The molecule has 4 aromatic rings. The molecular weight excluding hydrogens is 456 g/mol. The lowest BCUT2D eigenvalue weighted by Crippen LogP contribution is -2.29. The maximum absolute atomic E-state index is 13.5. The first-order chi connectivity index (χ1) is 15.2. The fourth-order valence-corrected chi connectivity index (χ4v) is 5.06. The zero-order chi connectivity index (χ0) is 23.0. The highest BCUT2D eigenvalue weighted by Crippen LogP contribution is 2.27. The van der Waals surface area contributed by atoms with Gasteiger partial charge in [-0.1, -0.05) is 29.8 Å². The second-order valence-corrected chi connectivity index (χ2v) is 9.12. The molecule has 0 radical (unpaired) electrons. The number of hydrogen-bond donors (Lipinski definition) is 1. The highest BCUT2D eigenvalue weighted by molar-refractivity contribution is 7.90. The summed E-state index contributed by atoms with van der Waals surface area (Å²) in [6.07, 6.45) is -0.346. The first-order valence-corrected chi connectivity index (χ1v) is 11.2. The van der Waals surface area contributed by atoms with Crippen LogP contribution >= 0.6 is 11.6 Å². The number of para-hydroxylation sites is 1. The Kier molecular flexibility index (Phi) is 5.53. The molecule has 1 aromatic heterocycles. The van der Waals surface area contributed by atoms with Crippen molar-refractivity contribution < 1.29 is 23.1 Å². The lowest BCUT2D eigenvalue weighted by Gasteiger charge is -2.09. The third-order valence-corrected chi connectivity index (χ3v) is 6.87. The normalized spacial score (nSPS) is 11.6. The maximum Gasteiger partial charge on any atom is 0.347 e. The standard InChI is InChI=1S/C22H17ClN2O6S/c1-31-16-7-9-17(10-8-16)32(29,30)25-19-11-6-15(23)13-20(19)24(22(25)28)18-5-3-2-4-14(18)12-21(26)27/h2-11,13H,12H2,1H3,(H,26,27). The number of carboxylic acid groups (broad SMARTS) is 1. The summed E-state index contributed by atoms with van der Waals surface area (Å²) in [5, 5.41) is 9.56. The van der Waals surface area contributed by atoms with Crippen LogP contribution in [0.4, 0.5) is 0 Å². The van der Waals surface area contributed by atoms with Gasteiger partial charge in [0.15, 0.2) is 0 Å². The molecule has 1 N–H and O–H groups in total. The van der Waals surface area contributed by atoms with Gasteiger partial charge in [-0.2, -0.15) is 3.97 Å². The Morgan fingerprint density at radius 2 is 1.72 bits per heavy atom. The predicted molar refractivity (Wildman–Crippen MR) is 119 cm³/mol. The Labute approximate surface area is 187 Å². The average molecular weight is 473 g/mol. The van der Waals surface area contributed by atoms with Gasteiger partial charge in [0.1, 0.15) is 5.75 Å². The summed E-state index contributed by atoms with van der Waals surface area (Å²) >= 11 is 6.15. The molecule has 0 bridgehead atoms. The van der Waals surface area contributed by atoms with Crippen molar-refractivity contribution >= 4 is 38.6 Å². The highest BCUT2D eigenvalue weighted by atomic mass is 35.5. The van der Waals surface area contributed by atoms with Crippen molar-refractivity contribution in [3.63, 3.8) is 0 Å². The van der Waals surface area contributed by atoms with Crippen LogP contribution in [-0.2, 0) is 21.2 Å².